The van der Waals surface area contributed by atoms with Gasteiger partial charge in [0.2, 0.25) is 5.95 Å². The van der Waals surface area contributed by atoms with Crippen LogP contribution in [0.25, 0.3) is 0 Å². The first kappa shape index (κ1) is 18.3. The van der Waals surface area contributed by atoms with Gasteiger partial charge in [0.15, 0.2) is 0 Å². The number of H-pyrrole nitrogens is 1. The lowest BCUT2D eigenvalue weighted by atomic mass is 9.65. The predicted octanol–water partition coefficient (Wildman–Crippen LogP) is 1.15. The van der Waals surface area contributed by atoms with E-state index in [0.29, 0.717) is 24.2 Å². The van der Waals surface area contributed by atoms with Crippen molar-refractivity contribution in [3.63, 3.8) is 0 Å². The molecule has 8 heteroatoms. The summed E-state index contributed by atoms with van der Waals surface area (Å²) in [6.07, 6.45) is 7.46. The molecule has 1 aromatic rings. The number of urea groups is 1. The summed E-state index contributed by atoms with van der Waals surface area (Å²) in [6, 6.07) is 1.80. The molecule has 4 N–H and O–H groups in total. The molecule has 1 saturated heterocycles. The summed E-state index contributed by atoms with van der Waals surface area (Å²) < 4.78 is 0. The number of likely N-dealkylation sites (N-methyl/N-ethyl adjacent to an activating group) is 1. The minimum Gasteiger partial charge on any atom is -0.369 e. The summed E-state index contributed by atoms with van der Waals surface area (Å²) in [4.78, 5) is 34.8. The van der Waals surface area contributed by atoms with E-state index in [0.717, 1.165) is 25.4 Å². The number of nitrogen functional groups attached to an aromatic ring is 1. The van der Waals surface area contributed by atoms with Gasteiger partial charge in [-0.15, -0.1) is 0 Å². The molecule has 2 amide bonds. The highest BCUT2D eigenvalue weighted by Crippen LogP contribution is 2.56. The summed E-state index contributed by atoms with van der Waals surface area (Å²) in [6.45, 7) is 2.85. The fourth-order valence-electron chi connectivity index (χ4n) is 4.70. The monoisotopic (exact) mass is 374 g/mol. The number of nitrogens with two attached hydrogens (primary N) is 1. The van der Waals surface area contributed by atoms with Gasteiger partial charge in [0, 0.05) is 38.3 Å². The van der Waals surface area contributed by atoms with E-state index in [1.807, 2.05) is 11.9 Å². The Hall–Kier alpha value is -2.09. The fourth-order valence-corrected chi connectivity index (χ4v) is 4.70. The maximum Gasteiger partial charge on any atom is 0.317 e. The molecular formula is C19H30N6O2. The molecule has 0 unspecified atom stereocenters. The van der Waals surface area contributed by atoms with Crippen LogP contribution in [0.2, 0.25) is 0 Å². The maximum atomic E-state index is 12.6. The number of anilines is 1. The van der Waals surface area contributed by atoms with Crippen LogP contribution >= 0.6 is 0 Å². The van der Waals surface area contributed by atoms with Gasteiger partial charge in [0.05, 0.1) is 5.69 Å². The summed E-state index contributed by atoms with van der Waals surface area (Å²) in [5.74, 6) is 0.983. The van der Waals surface area contributed by atoms with Gasteiger partial charge in [0.1, 0.15) is 0 Å². The summed E-state index contributed by atoms with van der Waals surface area (Å²) in [5, 5.41) is 3.21. The Morgan fingerprint density at radius 2 is 2.22 bits per heavy atom. The second-order valence-corrected chi connectivity index (χ2v) is 8.57. The van der Waals surface area contributed by atoms with Crippen molar-refractivity contribution in [1.82, 2.24) is 25.1 Å². The van der Waals surface area contributed by atoms with E-state index in [9.17, 15) is 9.59 Å². The molecule has 8 nitrogen and oxygen atoms in total. The van der Waals surface area contributed by atoms with Crippen molar-refractivity contribution in [1.29, 1.82) is 0 Å². The average Bonchev–Trinajstić information content (AvgIpc) is 3.28. The van der Waals surface area contributed by atoms with Crippen LogP contribution in [0.1, 0.15) is 44.2 Å². The molecule has 1 aliphatic heterocycles. The minimum atomic E-state index is -0.237. The normalized spacial score (nSPS) is 24.1. The Morgan fingerprint density at radius 3 is 2.85 bits per heavy atom. The Labute approximate surface area is 159 Å². The minimum absolute atomic E-state index is 0.0661. The molecule has 0 radical (unpaired) electrons. The number of amides is 2. The van der Waals surface area contributed by atoms with Crippen molar-refractivity contribution in [2.75, 3.05) is 32.4 Å². The number of nitrogens with zero attached hydrogens (tertiary/aromatic N) is 3. The van der Waals surface area contributed by atoms with Crippen molar-refractivity contribution in [3.05, 3.63) is 22.1 Å². The van der Waals surface area contributed by atoms with Gasteiger partial charge in [-0.3, -0.25) is 14.7 Å². The molecule has 2 saturated carbocycles. The standard InChI is InChI=1S/C19H30N6O2/c1-24(10-14-9-16(26)23-17(20)22-14)15-5-8-25(11-15)18(27)21-12-19(6-2-7-19)13-3-4-13/h9,13,15H,2-8,10-12H2,1H3,(H,21,27)(H3,20,22,23,26)/t15-/m1/s1. The lowest BCUT2D eigenvalue weighted by Crippen LogP contribution is -2.48. The summed E-state index contributed by atoms with van der Waals surface area (Å²) in [7, 11) is 2.00. The van der Waals surface area contributed by atoms with Gasteiger partial charge in [-0.25, -0.2) is 9.78 Å². The summed E-state index contributed by atoms with van der Waals surface area (Å²) >= 11 is 0. The third-order valence-electron chi connectivity index (χ3n) is 6.68. The van der Waals surface area contributed by atoms with Crippen molar-refractivity contribution >= 4 is 12.0 Å². The number of rotatable bonds is 6. The van der Waals surface area contributed by atoms with Crippen molar-refractivity contribution in [2.45, 2.75) is 51.1 Å². The highest BCUT2D eigenvalue weighted by atomic mass is 16.2. The zero-order valence-electron chi connectivity index (χ0n) is 16.0. The first-order valence-corrected chi connectivity index (χ1v) is 10.0. The van der Waals surface area contributed by atoms with Crippen LogP contribution in [-0.4, -0.2) is 58.5 Å². The van der Waals surface area contributed by atoms with Gasteiger partial charge >= 0.3 is 6.03 Å². The molecule has 148 valence electrons. The van der Waals surface area contributed by atoms with Crippen LogP contribution in [0.15, 0.2) is 10.9 Å². The topological polar surface area (TPSA) is 107 Å². The molecule has 3 fully saturated rings. The Kier molecular flexibility index (Phi) is 4.84. The molecular weight excluding hydrogens is 344 g/mol. The number of nitrogens with one attached hydrogen (secondary N) is 2. The van der Waals surface area contributed by atoms with E-state index in [1.54, 1.807) is 0 Å². The molecule has 27 heavy (non-hydrogen) atoms. The van der Waals surface area contributed by atoms with E-state index in [1.165, 1.54) is 38.2 Å². The smallest absolute Gasteiger partial charge is 0.317 e. The fraction of sp³-hybridized carbons (Fsp3) is 0.737. The molecule has 3 aliphatic rings. The lowest BCUT2D eigenvalue weighted by molar-refractivity contribution is 0.0984. The highest BCUT2D eigenvalue weighted by Gasteiger charge is 2.49. The Morgan fingerprint density at radius 1 is 1.44 bits per heavy atom. The Bertz CT molecular complexity index is 755. The van der Waals surface area contributed by atoms with E-state index in [-0.39, 0.29) is 23.6 Å². The number of carbonyl (C=O) groups is 1. The number of hydrogen-bond donors (Lipinski definition) is 3. The van der Waals surface area contributed by atoms with E-state index in [4.69, 9.17) is 5.73 Å². The third kappa shape index (κ3) is 3.95. The summed E-state index contributed by atoms with van der Waals surface area (Å²) in [5.41, 5.74) is 6.43. The van der Waals surface area contributed by atoms with Crippen LogP contribution < -0.4 is 16.6 Å². The quantitative estimate of drug-likeness (QED) is 0.692. The zero-order valence-corrected chi connectivity index (χ0v) is 16.0. The zero-order chi connectivity index (χ0) is 19.0. The molecule has 2 aliphatic carbocycles. The van der Waals surface area contributed by atoms with Crippen LogP contribution in [0, 0.1) is 11.3 Å². The number of carbonyl (C=O) groups excluding carboxylic acids is 1. The Balaban J connectivity index is 1.27. The van der Waals surface area contributed by atoms with E-state index >= 15 is 0 Å². The molecule has 1 atom stereocenters. The highest BCUT2D eigenvalue weighted by molar-refractivity contribution is 5.74. The van der Waals surface area contributed by atoms with Gasteiger partial charge in [-0.1, -0.05) is 6.42 Å². The van der Waals surface area contributed by atoms with Crippen molar-refractivity contribution in [3.8, 4) is 0 Å². The molecule has 0 spiro atoms. The largest absolute Gasteiger partial charge is 0.369 e. The van der Waals surface area contributed by atoms with Crippen LogP contribution in [-0.2, 0) is 6.54 Å². The SMILES string of the molecule is CN(Cc1cc(=O)[nH]c(N)n1)[C@@H]1CCN(C(=O)NCC2(C3CC3)CCC2)C1. The van der Waals surface area contributed by atoms with Crippen LogP contribution in [0.3, 0.4) is 0 Å². The van der Waals surface area contributed by atoms with Crippen molar-refractivity contribution < 1.29 is 4.79 Å². The molecule has 0 aromatic carbocycles. The molecule has 4 rings (SSSR count). The lowest BCUT2D eigenvalue weighted by Gasteiger charge is -2.43. The van der Waals surface area contributed by atoms with Gasteiger partial charge in [0.25, 0.3) is 5.56 Å². The third-order valence-corrected chi connectivity index (χ3v) is 6.68. The van der Waals surface area contributed by atoms with Gasteiger partial charge < -0.3 is 16.0 Å². The predicted molar refractivity (Wildman–Crippen MR) is 103 cm³/mol. The number of hydrogen-bond acceptors (Lipinski definition) is 5. The number of aromatic nitrogens is 2. The first-order valence-electron chi connectivity index (χ1n) is 10.0. The number of aromatic amines is 1. The van der Waals surface area contributed by atoms with Crippen molar-refractivity contribution in [2.24, 2.45) is 11.3 Å². The first-order chi connectivity index (χ1) is 12.9. The van der Waals surface area contributed by atoms with Gasteiger partial charge in [-0.2, -0.15) is 0 Å². The van der Waals surface area contributed by atoms with Crippen LogP contribution in [0.4, 0.5) is 10.7 Å². The second-order valence-electron chi connectivity index (χ2n) is 8.57. The molecule has 0 bridgehead atoms. The molecule has 1 aromatic heterocycles. The van der Waals surface area contributed by atoms with E-state index in [2.05, 4.69) is 20.2 Å². The van der Waals surface area contributed by atoms with Gasteiger partial charge in [-0.05, 0) is 50.5 Å². The second kappa shape index (κ2) is 7.14. The number of likely N-dealkylation sites (tertiary alicyclic amines) is 1. The van der Waals surface area contributed by atoms with E-state index < -0.39 is 0 Å². The molecule has 2 heterocycles. The van der Waals surface area contributed by atoms with Crippen LogP contribution in [0.5, 0.6) is 0 Å². The average molecular weight is 374 g/mol. The maximum absolute atomic E-state index is 12.6.